The van der Waals surface area contributed by atoms with Gasteiger partial charge in [0.05, 0.1) is 19.3 Å². The van der Waals surface area contributed by atoms with Crippen LogP contribution in [0.1, 0.15) is 58.6 Å². The molecule has 1 atom stereocenters. The molecule has 0 amide bonds. The summed E-state index contributed by atoms with van der Waals surface area (Å²) in [6.45, 7) is 10.6. The predicted octanol–water partition coefficient (Wildman–Crippen LogP) is 4.57. The maximum absolute atomic E-state index is 6.01. The molecule has 1 unspecified atom stereocenters. The van der Waals surface area contributed by atoms with Gasteiger partial charge in [-0.2, -0.15) is 0 Å². The number of rotatable bonds is 10. The van der Waals surface area contributed by atoms with Gasteiger partial charge in [-0.25, -0.2) is 0 Å². The summed E-state index contributed by atoms with van der Waals surface area (Å²) < 4.78 is 11.5. The molecule has 0 radical (unpaired) electrons. The molecular weight excluding hydrogens is 262 g/mol. The predicted molar refractivity (Wildman–Crippen MR) is 89.3 cm³/mol. The Morgan fingerprint density at radius 2 is 1.86 bits per heavy atom. The van der Waals surface area contributed by atoms with E-state index in [4.69, 9.17) is 9.47 Å². The van der Waals surface area contributed by atoms with Crippen LogP contribution >= 0.6 is 0 Å². The first kappa shape index (κ1) is 17.8. The summed E-state index contributed by atoms with van der Waals surface area (Å²) >= 11 is 0. The number of hydrogen-bond acceptors (Lipinski definition) is 3. The van der Waals surface area contributed by atoms with Crippen LogP contribution in [-0.2, 0) is 0 Å². The second-order valence-corrected chi connectivity index (χ2v) is 5.93. The molecule has 0 aliphatic carbocycles. The Morgan fingerprint density at radius 3 is 2.48 bits per heavy atom. The third kappa shape index (κ3) is 5.96. The fraction of sp³-hybridized carbons (Fsp3) is 0.667. The number of hydrogen-bond donors (Lipinski definition) is 1. The van der Waals surface area contributed by atoms with Crippen LogP contribution in [0.15, 0.2) is 18.2 Å². The Kier molecular flexibility index (Phi) is 8.21. The summed E-state index contributed by atoms with van der Waals surface area (Å²) in [5.74, 6) is 2.56. The van der Waals surface area contributed by atoms with Crippen LogP contribution in [0.25, 0.3) is 0 Å². The number of benzene rings is 1. The van der Waals surface area contributed by atoms with Crippen LogP contribution in [-0.4, -0.2) is 20.3 Å². The van der Waals surface area contributed by atoms with E-state index in [1.54, 1.807) is 7.11 Å². The van der Waals surface area contributed by atoms with E-state index in [0.29, 0.717) is 0 Å². The summed E-state index contributed by atoms with van der Waals surface area (Å²) in [5.41, 5.74) is 1.12. The Balaban J connectivity index is 2.76. The van der Waals surface area contributed by atoms with Gasteiger partial charge >= 0.3 is 0 Å². The van der Waals surface area contributed by atoms with E-state index >= 15 is 0 Å². The minimum Gasteiger partial charge on any atom is -0.496 e. The molecule has 0 spiro atoms. The monoisotopic (exact) mass is 293 g/mol. The van der Waals surface area contributed by atoms with Crippen molar-refractivity contribution in [3.63, 3.8) is 0 Å². The summed E-state index contributed by atoms with van der Waals surface area (Å²) in [4.78, 5) is 0. The second kappa shape index (κ2) is 9.67. The highest BCUT2D eigenvalue weighted by molar-refractivity contribution is 5.46. The highest BCUT2D eigenvalue weighted by Gasteiger charge is 2.16. The smallest absolute Gasteiger partial charge is 0.127 e. The molecule has 1 N–H and O–H groups in total. The van der Waals surface area contributed by atoms with Gasteiger partial charge in [0.1, 0.15) is 11.5 Å². The lowest BCUT2D eigenvalue weighted by molar-refractivity contribution is 0.288. The molecular formula is C18H31NO2. The molecule has 3 nitrogen and oxygen atoms in total. The average Bonchev–Trinajstić information content (AvgIpc) is 2.48. The molecule has 0 aliphatic rings. The Labute approximate surface area is 130 Å². The molecule has 0 aromatic heterocycles. The minimum absolute atomic E-state index is 0.223. The molecule has 21 heavy (non-hydrogen) atoms. The van der Waals surface area contributed by atoms with Crippen molar-refractivity contribution in [3.05, 3.63) is 23.8 Å². The van der Waals surface area contributed by atoms with Gasteiger partial charge in [-0.05, 0) is 50.8 Å². The van der Waals surface area contributed by atoms with Gasteiger partial charge in [0.15, 0.2) is 0 Å². The molecule has 1 aromatic rings. The molecule has 0 fully saturated rings. The molecule has 0 aliphatic heterocycles. The normalized spacial score (nSPS) is 12.5. The van der Waals surface area contributed by atoms with Gasteiger partial charge in [0.25, 0.3) is 0 Å². The zero-order chi connectivity index (χ0) is 15.7. The average molecular weight is 293 g/mol. The van der Waals surface area contributed by atoms with Crippen LogP contribution in [0.4, 0.5) is 0 Å². The maximum atomic E-state index is 6.01. The SMILES string of the molecule is CCCNC(C)c1c(OC)cccc1OCCCC(C)C. The molecule has 0 heterocycles. The van der Waals surface area contributed by atoms with Gasteiger partial charge in [-0.1, -0.05) is 26.8 Å². The van der Waals surface area contributed by atoms with Gasteiger partial charge < -0.3 is 14.8 Å². The van der Waals surface area contributed by atoms with Crippen LogP contribution in [0.3, 0.4) is 0 Å². The first-order chi connectivity index (χ1) is 10.1. The highest BCUT2D eigenvalue weighted by Crippen LogP contribution is 2.34. The van der Waals surface area contributed by atoms with Crippen molar-refractivity contribution >= 4 is 0 Å². The van der Waals surface area contributed by atoms with E-state index in [-0.39, 0.29) is 6.04 Å². The first-order valence-corrected chi connectivity index (χ1v) is 8.13. The third-order valence-corrected chi connectivity index (χ3v) is 3.56. The van der Waals surface area contributed by atoms with Crippen LogP contribution in [0.5, 0.6) is 11.5 Å². The lowest BCUT2D eigenvalue weighted by atomic mass is 10.1. The molecule has 3 heteroatoms. The summed E-state index contributed by atoms with van der Waals surface area (Å²) in [6, 6.07) is 6.26. The zero-order valence-electron chi connectivity index (χ0n) is 14.2. The van der Waals surface area contributed by atoms with Gasteiger partial charge in [0.2, 0.25) is 0 Å². The first-order valence-electron chi connectivity index (χ1n) is 8.13. The Morgan fingerprint density at radius 1 is 1.14 bits per heavy atom. The van der Waals surface area contributed by atoms with E-state index < -0.39 is 0 Å². The summed E-state index contributed by atoms with van der Waals surface area (Å²) in [6.07, 6.45) is 3.40. The van der Waals surface area contributed by atoms with Crippen LogP contribution < -0.4 is 14.8 Å². The minimum atomic E-state index is 0.223. The van der Waals surface area contributed by atoms with E-state index in [9.17, 15) is 0 Å². The number of nitrogens with one attached hydrogen (secondary N) is 1. The standard InChI is InChI=1S/C18H31NO2/c1-6-12-19-15(4)18-16(20-5)10-7-11-17(18)21-13-8-9-14(2)3/h7,10-11,14-15,19H,6,8-9,12-13H2,1-5H3. The maximum Gasteiger partial charge on any atom is 0.127 e. The van der Waals surface area contributed by atoms with Crippen molar-refractivity contribution in [1.82, 2.24) is 5.32 Å². The van der Waals surface area contributed by atoms with E-state index in [0.717, 1.165) is 49.0 Å². The van der Waals surface area contributed by atoms with Gasteiger partial charge in [-0.15, -0.1) is 0 Å². The van der Waals surface area contributed by atoms with Crippen molar-refractivity contribution in [2.75, 3.05) is 20.3 Å². The molecule has 0 bridgehead atoms. The zero-order valence-corrected chi connectivity index (χ0v) is 14.2. The fourth-order valence-corrected chi connectivity index (χ4v) is 2.39. The molecule has 1 aromatic carbocycles. The molecule has 120 valence electrons. The third-order valence-electron chi connectivity index (χ3n) is 3.56. The Hall–Kier alpha value is -1.22. The van der Waals surface area contributed by atoms with Gasteiger partial charge in [-0.3, -0.25) is 0 Å². The fourth-order valence-electron chi connectivity index (χ4n) is 2.39. The lowest BCUT2D eigenvalue weighted by Gasteiger charge is -2.21. The summed E-state index contributed by atoms with van der Waals surface area (Å²) in [5, 5.41) is 3.51. The molecule has 0 saturated carbocycles. The molecule has 1 rings (SSSR count). The second-order valence-electron chi connectivity index (χ2n) is 5.93. The summed E-state index contributed by atoms with van der Waals surface area (Å²) in [7, 11) is 1.72. The van der Waals surface area contributed by atoms with Crippen LogP contribution in [0, 0.1) is 5.92 Å². The van der Waals surface area contributed by atoms with Crippen molar-refractivity contribution in [3.8, 4) is 11.5 Å². The van der Waals surface area contributed by atoms with E-state index in [1.165, 1.54) is 6.42 Å². The van der Waals surface area contributed by atoms with Crippen molar-refractivity contribution in [2.24, 2.45) is 5.92 Å². The molecule has 0 saturated heterocycles. The topological polar surface area (TPSA) is 30.5 Å². The van der Waals surface area contributed by atoms with Crippen LogP contribution in [0.2, 0.25) is 0 Å². The van der Waals surface area contributed by atoms with Crippen molar-refractivity contribution in [2.45, 2.75) is 53.0 Å². The number of methoxy groups -OCH3 is 1. The van der Waals surface area contributed by atoms with E-state index in [2.05, 4.69) is 33.0 Å². The van der Waals surface area contributed by atoms with Gasteiger partial charge in [0, 0.05) is 6.04 Å². The lowest BCUT2D eigenvalue weighted by Crippen LogP contribution is -2.20. The number of ether oxygens (including phenoxy) is 2. The highest BCUT2D eigenvalue weighted by atomic mass is 16.5. The van der Waals surface area contributed by atoms with Crippen molar-refractivity contribution in [1.29, 1.82) is 0 Å². The largest absolute Gasteiger partial charge is 0.496 e. The van der Waals surface area contributed by atoms with Crippen molar-refractivity contribution < 1.29 is 9.47 Å². The quantitative estimate of drug-likeness (QED) is 0.641. The van der Waals surface area contributed by atoms with E-state index in [1.807, 2.05) is 18.2 Å². The Bertz CT molecular complexity index is 404.